The summed E-state index contributed by atoms with van der Waals surface area (Å²) in [6, 6.07) is 6.31. The first-order valence-corrected chi connectivity index (χ1v) is 12.5. The van der Waals surface area contributed by atoms with Crippen LogP contribution < -0.4 is 5.14 Å². The normalized spacial score (nSPS) is 18.3. The standard InChI is InChI=1S/C19H22N2O7S2/c1-12-9-17(13(2)21(12)15-7-8-29(24,25)11-15)18(22)10-28-19(23)14-3-5-16(6-4-14)30(20,26)27/h3-6,9,15H,7-8,10-11H2,1-2H3,(H2,20,26,27). The largest absolute Gasteiger partial charge is 0.454 e. The van der Waals surface area contributed by atoms with Crippen molar-refractivity contribution in [3.63, 3.8) is 0 Å². The molecule has 2 heterocycles. The van der Waals surface area contributed by atoms with Gasteiger partial charge in [0.25, 0.3) is 0 Å². The second-order valence-electron chi connectivity index (χ2n) is 7.28. The molecule has 1 fully saturated rings. The van der Waals surface area contributed by atoms with Gasteiger partial charge < -0.3 is 9.30 Å². The Balaban J connectivity index is 1.69. The smallest absolute Gasteiger partial charge is 0.338 e. The zero-order valence-electron chi connectivity index (χ0n) is 16.5. The third-order valence-electron chi connectivity index (χ3n) is 5.11. The Morgan fingerprint density at radius 2 is 1.83 bits per heavy atom. The van der Waals surface area contributed by atoms with Gasteiger partial charge in [0.05, 0.1) is 22.0 Å². The van der Waals surface area contributed by atoms with Gasteiger partial charge in [0.2, 0.25) is 15.8 Å². The van der Waals surface area contributed by atoms with E-state index in [9.17, 15) is 26.4 Å². The minimum atomic E-state index is -3.87. The van der Waals surface area contributed by atoms with Crippen LogP contribution in [0.25, 0.3) is 0 Å². The van der Waals surface area contributed by atoms with E-state index >= 15 is 0 Å². The van der Waals surface area contributed by atoms with Crippen molar-refractivity contribution in [2.75, 3.05) is 18.1 Å². The van der Waals surface area contributed by atoms with E-state index in [1.165, 1.54) is 24.3 Å². The Morgan fingerprint density at radius 1 is 1.20 bits per heavy atom. The maximum absolute atomic E-state index is 12.6. The van der Waals surface area contributed by atoms with Gasteiger partial charge in [-0.15, -0.1) is 0 Å². The summed E-state index contributed by atoms with van der Waals surface area (Å²) in [6.45, 7) is 3.04. The number of hydrogen-bond acceptors (Lipinski definition) is 7. The number of sulfone groups is 1. The van der Waals surface area contributed by atoms with Crippen LogP contribution in [0.2, 0.25) is 0 Å². The highest BCUT2D eigenvalue weighted by molar-refractivity contribution is 7.91. The summed E-state index contributed by atoms with van der Waals surface area (Å²) in [5.74, 6) is -1.02. The molecular weight excluding hydrogens is 432 g/mol. The number of rotatable bonds is 6. The van der Waals surface area contributed by atoms with Gasteiger partial charge in [0.1, 0.15) is 0 Å². The van der Waals surface area contributed by atoms with Crippen molar-refractivity contribution in [1.29, 1.82) is 0 Å². The van der Waals surface area contributed by atoms with Crippen molar-refractivity contribution in [3.05, 3.63) is 52.8 Å². The van der Waals surface area contributed by atoms with Crippen molar-refractivity contribution in [3.8, 4) is 0 Å². The molecule has 0 bridgehead atoms. The van der Waals surface area contributed by atoms with E-state index in [2.05, 4.69) is 0 Å². The SMILES string of the molecule is Cc1cc(C(=O)COC(=O)c2ccc(S(N)(=O)=O)cc2)c(C)n1C1CCS(=O)(=O)C1. The first-order valence-electron chi connectivity index (χ1n) is 9.11. The topological polar surface area (TPSA) is 143 Å². The van der Waals surface area contributed by atoms with E-state index in [0.717, 1.165) is 5.69 Å². The molecule has 30 heavy (non-hydrogen) atoms. The molecular formula is C19H22N2O7S2. The number of aryl methyl sites for hydroxylation is 1. The van der Waals surface area contributed by atoms with E-state index in [4.69, 9.17) is 9.88 Å². The number of ketones is 1. The monoisotopic (exact) mass is 454 g/mol. The van der Waals surface area contributed by atoms with Crippen LogP contribution in [-0.2, 0) is 24.6 Å². The molecule has 0 spiro atoms. The lowest BCUT2D eigenvalue weighted by molar-refractivity contribution is 0.0474. The van der Waals surface area contributed by atoms with Gasteiger partial charge >= 0.3 is 5.97 Å². The maximum Gasteiger partial charge on any atom is 0.338 e. The molecule has 1 atom stereocenters. The molecule has 0 aliphatic carbocycles. The number of hydrogen-bond donors (Lipinski definition) is 1. The number of ether oxygens (including phenoxy) is 1. The summed E-state index contributed by atoms with van der Waals surface area (Å²) in [5.41, 5.74) is 1.85. The number of Topliss-reactive ketones (excluding diaryl/α,β-unsaturated/α-hetero) is 1. The van der Waals surface area contributed by atoms with Crippen LogP contribution in [0.3, 0.4) is 0 Å². The fourth-order valence-electron chi connectivity index (χ4n) is 3.67. The molecule has 1 saturated heterocycles. The zero-order valence-corrected chi connectivity index (χ0v) is 18.1. The van der Waals surface area contributed by atoms with Crippen molar-refractivity contribution < 1.29 is 31.2 Å². The number of nitrogens with two attached hydrogens (primary N) is 1. The highest BCUT2D eigenvalue weighted by Gasteiger charge is 2.31. The first-order chi connectivity index (χ1) is 13.9. The number of aromatic nitrogens is 1. The van der Waals surface area contributed by atoms with Crippen LogP contribution in [0.15, 0.2) is 35.2 Å². The van der Waals surface area contributed by atoms with Gasteiger partial charge in [0.15, 0.2) is 16.4 Å². The number of primary sulfonamides is 1. The highest BCUT2D eigenvalue weighted by Crippen LogP contribution is 2.29. The number of nitrogens with zero attached hydrogens (tertiary/aromatic N) is 1. The summed E-state index contributed by atoms with van der Waals surface area (Å²) in [4.78, 5) is 24.6. The van der Waals surface area contributed by atoms with E-state index in [1.807, 2.05) is 4.57 Å². The second-order valence-corrected chi connectivity index (χ2v) is 11.1. The lowest BCUT2D eigenvalue weighted by atomic mass is 10.1. The van der Waals surface area contributed by atoms with Crippen LogP contribution in [0.4, 0.5) is 0 Å². The minimum absolute atomic E-state index is 0.0422. The highest BCUT2D eigenvalue weighted by atomic mass is 32.2. The summed E-state index contributed by atoms with van der Waals surface area (Å²) >= 11 is 0. The summed E-state index contributed by atoms with van der Waals surface area (Å²) in [5, 5.41) is 5.01. The Kier molecular flexibility index (Phi) is 5.89. The number of sulfonamides is 1. The van der Waals surface area contributed by atoms with Crippen molar-refractivity contribution in [1.82, 2.24) is 4.57 Å². The quantitative estimate of drug-likeness (QED) is 0.509. The fourth-order valence-corrected chi connectivity index (χ4v) is 5.89. The Morgan fingerprint density at radius 3 is 2.37 bits per heavy atom. The molecule has 3 rings (SSSR count). The van der Waals surface area contributed by atoms with Crippen LogP contribution >= 0.6 is 0 Å². The van der Waals surface area contributed by atoms with Gasteiger partial charge in [-0.05, 0) is 50.6 Å². The van der Waals surface area contributed by atoms with Gasteiger partial charge in [-0.25, -0.2) is 26.8 Å². The van der Waals surface area contributed by atoms with E-state index in [-0.39, 0.29) is 28.0 Å². The van der Waals surface area contributed by atoms with Crippen LogP contribution in [-0.4, -0.2) is 51.3 Å². The van der Waals surface area contributed by atoms with Gasteiger partial charge in [-0.1, -0.05) is 0 Å². The number of carbonyl (C=O) groups excluding carboxylic acids is 2. The Labute approximate surface area is 174 Å². The molecule has 11 heteroatoms. The number of carbonyl (C=O) groups is 2. The second kappa shape index (κ2) is 7.97. The molecule has 1 aromatic heterocycles. The molecule has 0 radical (unpaired) electrons. The van der Waals surface area contributed by atoms with Crippen LogP contribution in [0.5, 0.6) is 0 Å². The third-order valence-corrected chi connectivity index (χ3v) is 7.79. The molecule has 2 aromatic rings. The van der Waals surface area contributed by atoms with E-state index in [0.29, 0.717) is 17.7 Å². The maximum atomic E-state index is 12.6. The molecule has 2 N–H and O–H groups in total. The number of esters is 1. The van der Waals surface area contributed by atoms with E-state index < -0.39 is 38.2 Å². The zero-order chi connectivity index (χ0) is 22.3. The molecule has 9 nitrogen and oxygen atoms in total. The molecule has 1 unspecified atom stereocenters. The summed E-state index contributed by atoms with van der Waals surface area (Å²) < 4.78 is 53.0. The summed E-state index contributed by atoms with van der Waals surface area (Å²) in [7, 11) is -6.95. The molecule has 1 aliphatic rings. The van der Waals surface area contributed by atoms with Crippen LogP contribution in [0.1, 0.15) is 44.6 Å². The van der Waals surface area contributed by atoms with Crippen molar-refractivity contribution in [2.24, 2.45) is 5.14 Å². The molecule has 162 valence electrons. The Bertz CT molecular complexity index is 1210. The molecule has 0 amide bonds. The summed E-state index contributed by atoms with van der Waals surface area (Å²) in [6.07, 6.45) is 0.496. The fraction of sp³-hybridized carbons (Fsp3) is 0.368. The first kappa shape index (κ1) is 22.2. The number of benzene rings is 1. The van der Waals surface area contributed by atoms with Gasteiger partial charge in [0, 0.05) is 23.0 Å². The van der Waals surface area contributed by atoms with Crippen molar-refractivity contribution >= 4 is 31.6 Å². The van der Waals surface area contributed by atoms with Gasteiger partial charge in [-0.3, -0.25) is 4.79 Å². The molecule has 1 aromatic carbocycles. The Hall–Kier alpha value is -2.50. The average Bonchev–Trinajstić information content (AvgIpc) is 3.16. The van der Waals surface area contributed by atoms with Crippen LogP contribution in [0, 0.1) is 13.8 Å². The molecule has 1 aliphatic heterocycles. The average molecular weight is 455 g/mol. The van der Waals surface area contributed by atoms with Gasteiger partial charge in [-0.2, -0.15) is 0 Å². The predicted octanol–water partition coefficient (Wildman–Crippen LogP) is 1.15. The molecule has 0 saturated carbocycles. The third kappa shape index (κ3) is 4.63. The lowest BCUT2D eigenvalue weighted by Gasteiger charge is -2.16. The lowest BCUT2D eigenvalue weighted by Crippen LogP contribution is -2.17. The predicted molar refractivity (Wildman–Crippen MR) is 109 cm³/mol. The minimum Gasteiger partial charge on any atom is -0.454 e. The van der Waals surface area contributed by atoms with E-state index in [1.54, 1.807) is 19.9 Å². The van der Waals surface area contributed by atoms with Crippen molar-refractivity contribution in [2.45, 2.75) is 31.2 Å².